The Labute approximate surface area is 138 Å². The highest BCUT2D eigenvalue weighted by Gasteiger charge is 2.19. The number of benzene rings is 1. The number of amidine groups is 1. The minimum absolute atomic E-state index is 0.975. The van der Waals surface area contributed by atoms with Gasteiger partial charge in [-0.05, 0) is 30.7 Å². The number of aromatic nitrogens is 1. The molecule has 2 heterocycles. The molecule has 124 valence electrons. The molecule has 0 atom stereocenters. The van der Waals surface area contributed by atoms with Crippen LogP contribution in [0.1, 0.15) is 12.8 Å². The standard InChI is InChI=1S/C15H15N3.C2H2O4/c1-2-5-14(6-3-1)18-12-4-7-15(18)17-13-8-10-16-11-9-13;3-1(4)2(5)6/h1-3,5-6,8-11H,4,7,12H2;(H,3,4)(H,5,6). The van der Waals surface area contributed by atoms with Crippen LogP contribution >= 0.6 is 0 Å². The monoisotopic (exact) mass is 327 g/mol. The van der Waals surface area contributed by atoms with Gasteiger partial charge in [0.1, 0.15) is 5.84 Å². The Bertz CT molecular complexity index is 705. The van der Waals surface area contributed by atoms with E-state index in [4.69, 9.17) is 24.8 Å². The van der Waals surface area contributed by atoms with Crippen molar-refractivity contribution in [2.24, 2.45) is 4.99 Å². The van der Waals surface area contributed by atoms with Gasteiger partial charge < -0.3 is 15.1 Å². The Hall–Kier alpha value is -3.22. The first-order valence-corrected chi connectivity index (χ1v) is 7.34. The molecule has 0 amide bonds. The van der Waals surface area contributed by atoms with Crippen LogP contribution in [0.4, 0.5) is 11.4 Å². The van der Waals surface area contributed by atoms with E-state index < -0.39 is 11.9 Å². The zero-order chi connectivity index (χ0) is 17.4. The fraction of sp³-hybridized carbons (Fsp3) is 0.176. The van der Waals surface area contributed by atoms with Crippen molar-refractivity contribution in [3.05, 3.63) is 54.9 Å². The van der Waals surface area contributed by atoms with Gasteiger partial charge in [-0.25, -0.2) is 14.6 Å². The highest BCUT2D eigenvalue weighted by Crippen LogP contribution is 2.23. The Morgan fingerprint density at radius 2 is 1.62 bits per heavy atom. The summed E-state index contributed by atoms with van der Waals surface area (Å²) < 4.78 is 0. The molecular formula is C17H17N3O4. The lowest BCUT2D eigenvalue weighted by atomic mass is 10.3. The molecule has 7 nitrogen and oxygen atoms in total. The van der Waals surface area contributed by atoms with Crippen LogP contribution in [-0.2, 0) is 9.59 Å². The molecule has 0 saturated carbocycles. The molecule has 2 aromatic rings. The highest BCUT2D eigenvalue weighted by molar-refractivity contribution is 6.27. The van der Waals surface area contributed by atoms with Crippen molar-refractivity contribution in [1.29, 1.82) is 0 Å². The normalized spacial score (nSPS) is 14.8. The molecule has 1 aliphatic heterocycles. The summed E-state index contributed by atoms with van der Waals surface area (Å²) in [5, 5.41) is 14.8. The van der Waals surface area contributed by atoms with Crippen molar-refractivity contribution in [2.75, 3.05) is 11.4 Å². The van der Waals surface area contributed by atoms with Gasteiger partial charge in [-0.1, -0.05) is 18.2 Å². The molecule has 2 N–H and O–H groups in total. The van der Waals surface area contributed by atoms with Gasteiger partial charge in [0.15, 0.2) is 0 Å². The first-order valence-electron chi connectivity index (χ1n) is 7.34. The second-order valence-corrected chi connectivity index (χ2v) is 4.93. The van der Waals surface area contributed by atoms with Gasteiger partial charge in [0.05, 0.1) is 5.69 Å². The van der Waals surface area contributed by atoms with Crippen LogP contribution in [0.3, 0.4) is 0 Å². The Balaban J connectivity index is 0.000000301. The van der Waals surface area contributed by atoms with Gasteiger partial charge in [-0.2, -0.15) is 0 Å². The minimum atomic E-state index is -1.82. The van der Waals surface area contributed by atoms with Gasteiger partial charge in [-0.3, -0.25) is 4.98 Å². The molecule has 1 aromatic carbocycles. The fourth-order valence-corrected chi connectivity index (χ4v) is 2.23. The predicted molar refractivity (Wildman–Crippen MR) is 89.6 cm³/mol. The first kappa shape index (κ1) is 17.1. The van der Waals surface area contributed by atoms with Crippen LogP contribution in [0.2, 0.25) is 0 Å². The largest absolute Gasteiger partial charge is 0.473 e. The van der Waals surface area contributed by atoms with E-state index in [2.05, 4.69) is 34.1 Å². The molecule has 7 heteroatoms. The average molecular weight is 327 g/mol. The van der Waals surface area contributed by atoms with E-state index in [1.54, 1.807) is 12.4 Å². The minimum Gasteiger partial charge on any atom is -0.473 e. The lowest BCUT2D eigenvalue weighted by Gasteiger charge is -2.18. The van der Waals surface area contributed by atoms with Gasteiger partial charge >= 0.3 is 11.9 Å². The third-order valence-corrected chi connectivity index (χ3v) is 3.27. The van der Waals surface area contributed by atoms with Crippen molar-refractivity contribution in [2.45, 2.75) is 12.8 Å². The second kappa shape index (κ2) is 8.42. The van der Waals surface area contributed by atoms with Crippen LogP contribution in [0.15, 0.2) is 59.9 Å². The van der Waals surface area contributed by atoms with Crippen LogP contribution in [0, 0.1) is 0 Å². The van der Waals surface area contributed by atoms with Gasteiger partial charge in [-0.15, -0.1) is 0 Å². The van der Waals surface area contributed by atoms with Crippen LogP contribution in [-0.4, -0.2) is 39.5 Å². The summed E-state index contributed by atoms with van der Waals surface area (Å²) in [6.07, 6.45) is 5.76. The van der Waals surface area contributed by atoms with Crippen LogP contribution < -0.4 is 4.90 Å². The Morgan fingerprint density at radius 3 is 2.21 bits per heavy atom. The van der Waals surface area contributed by atoms with Crippen LogP contribution in [0.25, 0.3) is 0 Å². The molecule has 24 heavy (non-hydrogen) atoms. The lowest BCUT2D eigenvalue weighted by molar-refractivity contribution is -0.159. The summed E-state index contributed by atoms with van der Waals surface area (Å²) in [6, 6.07) is 14.3. The van der Waals surface area contributed by atoms with Crippen molar-refractivity contribution in [3.8, 4) is 0 Å². The molecular weight excluding hydrogens is 310 g/mol. The number of carboxylic acids is 2. The van der Waals surface area contributed by atoms with Crippen LogP contribution in [0.5, 0.6) is 0 Å². The number of para-hydroxylation sites is 1. The lowest BCUT2D eigenvalue weighted by Crippen LogP contribution is -2.23. The fourth-order valence-electron chi connectivity index (χ4n) is 2.23. The van der Waals surface area contributed by atoms with Gasteiger partial charge in [0.2, 0.25) is 0 Å². The number of nitrogens with zero attached hydrogens (tertiary/aromatic N) is 3. The number of carbonyl (C=O) groups is 2. The van der Waals surface area contributed by atoms with Crippen molar-refractivity contribution < 1.29 is 19.8 Å². The molecule has 0 aliphatic carbocycles. The second-order valence-electron chi connectivity index (χ2n) is 4.93. The number of carboxylic acid groups (broad SMARTS) is 2. The van der Waals surface area contributed by atoms with Crippen molar-refractivity contribution in [3.63, 3.8) is 0 Å². The average Bonchev–Trinajstić information content (AvgIpc) is 3.05. The zero-order valence-electron chi connectivity index (χ0n) is 12.9. The van der Waals surface area contributed by atoms with E-state index in [0.29, 0.717) is 0 Å². The first-order chi connectivity index (χ1) is 11.6. The molecule has 0 bridgehead atoms. The zero-order valence-corrected chi connectivity index (χ0v) is 12.9. The van der Waals surface area contributed by atoms with Crippen molar-refractivity contribution >= 4 is 29.1 Å². The van der Waals surface area contributed by atoms with E-state index in [-0.39, 0.29) is 0 Å². The molecule has 1 aliphatic rings. The van der Waals surface area contributed by atoms with E-state index in [1.165, 1.54) is 12.1 Å². The van der Waals surface area contributed by atoms with E-state index in [9.17, 15) is 0 Å². The third-order valence-electron chi connectivity index (χ3n) is 3.27. The molecule has 0 radical (unpaired) electrons. The number of hydrogen-bond acceptors (Lipinski definition) is 4. The van der Waals surface area contributed by atoms with E-state index in [1.807, 2.05) is 18.2 Å². The molecule has 1 aromatic heterocycles. The maximum absolute atomic E-state index is 9.10. The quantitative estimate of drug-likeness (QED) is 0.822. The summed E-state index contributed by atoms with van der Waals surface area (Å²) in [6.45, 7) is 1.05. The third kappa shape index (κ3) is 4.91. The molecule has 3 rings (SSSR count). The number of rotatable bonds is 2. The summed E-state index contributed by atoms with van der Waals surface area (Å²) in [7, 11) is 0. The number of aliphatic imine (C=N–C) groups is 1. The van der Waals surface area contributed by atoms with E-state index >= 15 is 0 Å². The Morgan fingerprint density at radius 1 is 1.00 bits per heavy atom. The van der Waals surface area contributed by atoms with Gasteiger partial charge in [0, 0.05) is 31.0 Å². The SMILES string of the molecule is O=C(O)C(=O)O.c1ccc(N2CCCC2=Nc2ccncc2)cc1. The smallest absolute Gasteiger partial charge is 0.414 e. The number of anilines is 1. The number of hydrogen-bond donors (Lipinski definition) is 2. The molecule has 0 spiro atoms. The number of aliphatic carboxylic acids is 2. The summed E-state index contributed by atoms with van der Waals surface area (Å²) in [5.41, 5.74) is 2.20. The maximum Gasteiger partial charge on any atom is 0.414 e. The highest BCUT2D eigenvalue weighted by atomic mass is 16.4. The molecule has 1 saturated heterocycles. The van der Waals surface area contributed by atoms with E-state index in [0.717, 1.165) is 24.5 Å². The van der Waals surface area contributed by atoms with Crippen molar-refractivity contribution in [1.82, 2.24) is 4.98 Å². The topological polar surface area (TPSA) is 103 Å². The summed E-state index contributed by atoms with van der Waals surface area (Å²) in [4.78, 5) is 29.2. The maximum atomic E-state index is 9.10. The summed E-state index contributed by atoms with van der Waals surface area (Å²) in [5.74, 6) is -2.50. The molecule has 1 fully saturated rings. The van der Waals surface area contributed by atoms with Gasteiger partial charge in [0.25, 0.3) is 0 Å². The number of pyridine rings is 1. The predicted octanol–water partition coefficient (Wildman–Crippen LogP) is 2.57. The summed E-state index contributed by atoms with van der Waals surface area (Å²) >= 11 is 0. The Kier molecular flexibility index (Phi) is 6.01. The molecule has 0 unspecified atom stereocenters.